The SMILES string of the molecule is CCC(C(=O)NCCN1CCCCC1C)n1nc(C)n2c(cc3occc32)c1=O. The van der Waals surface area contributed by atoms with E-state index in [4.69, 9.17) is 4.42 Å². The van der Waals surface area contributed by atoms with Gasteiger partial charge in [0.2, 0.25) is 5.91 Å². The lowest BCUT2D eigenvalue weighted by Crippen LogP contribution is -2.45. The van der Waals surface area contributed by atoms with Crippen LogP contribution in [0.25, 0.3) is 16.6 Å². The molecule has 1 aliphatic rings. The van der Waals surface area contributed by atoms with Gasteiger partial charge in [0.05, 0.1) is 11.8 Å². The lowest BCUT2D eigenvalue weighted by molar-refractivity contribution is -0.124. The molecule has 0 aromatic carbocycles. The third kappa shape index (κ3) is 3.57. The van der Waals surface area contributed by atoms with Gasteiger partial charge in [-0.1, -0.05) is 13.3 Å². The molecule has 3 aromatic rings. The normalized spacial score (nSPS) is 19.1. The molecule has 1 N–H and O–H groups in total. The fourth-order valence-electron chi connectivity index (χ4n) is 4.41. The van der Waals surface area contributed by atoms with Gasteiger partial charge < -0.3 is 9.73 Å². The van der Waals surface area contributed by atoms with Crippen LogP contribution >= 0.6 is 0 Å². The maximum absolute atomic E-state index is 13.1. The summed E-state index contributed by atoms with van der Waals surface area (Å²) in [7, 11) is 0. The van der Waals surface area contributed by atoms with E-state index >= 15 is 0 Å². The number of hydrogen-bond donors (Lipinski definition) is 1. The highest BCUT2D eigenvalue weighted by Gasteiger charge is 2.24. The second-order valence-corrected chi connectivity index (χ2v) is 7.93. The highest BCUT2D eigenvalue weighted by Crippen LogP contribution is 2.21. The van der Waals surface area contributed by atoms with Crippen LogP contribution in [0.1, 0.15) is 51.4 Å². The number of furan rings is 1. The summed E-state index contributed by atoms with van der Waals surface area (Å²) in [4.78, 5) is 28.3. The smallest absolute Gasteiger partial charge is 0.291 e. The van der Waals surface area contributed by atoms with Crippen molar-refractivity contribution in [3.8, 4) is 0 Å². The zero-order valence-corrected chi connectivity index (χ0v) is 17.4. The summed E-state index contributed by atoms with van der Waals surface area (Å²) in [5.74, 6) is 0.482. The van der Waals surface area contributed by atoms with E-state index < -0.39 is 6.04 Å². The van der Waals surface area contributed by atoms with Gasteiger partial charge in [-0.05, 0) is 39.7 Å². The van der Waals surface area contributed by atoms with Crippen LogP contribution in [0, 0.1) is 6.92 Å². The predicted octanol–water partition coefficient (Wildman–Crippen LogP) is 2.49. The largest absolute Gasteiger partial charge is 0.463 e. The molecule has 0 saturated carbocycles. The monoisotopic (exact) mass is 399 g/mol. The number of fused-ring (bicyclic) bond motifs is 3. The average molecular weight is 399 g/mol. The number of aromatic nitrogens is 3. The Bertz CT molecular complexity index is 1080. The quantitative estimate of drug-likeness (QED) is 0.688. The maximum Gasteiger partial charge on any atom is 0.291 e. The Hall–Kier alpha value is -2.61. The highest BCUT2D eigenvalue weighted by atomic mass is 16.3. The van der Waals surface area contributed by atoms with E-state index in [0.29, 0.717) is 35.9 Å². The molecule has 0 bridgehead atoms. The van der Waals surface area contributed by atoms with Gasteiger partial charge in [0.25, 0.3) is 5.56 Å². The lowest BCUT2D eigenvalue weighted by atomic mass is 10.0. The third-order valence-electron chi connectivity index (χ3n) is 6.05. The Balaban J connectivity index is 1.53. The molecule has 3 aromatic heterocycles. The first-order chi connectivity index (χ1) is 14.0. The molecule has 4 rings (SSSR count). The van der Waals surface area contributed by atoms with E-state index in [1.165, 1.54) is 23.9 Å². The summed E-state index contributed by atoms with van der Waals surface area (Å²) >= 11 is 0. The first-order valence-corrected chi connectivity index (χ1v) is 10.5. The Labute approximate surface area is 169 Å². The number of carbonyl (C=O) groups excluding carboxylic acids is 1. The van der Waals surface area contributed by atoms with Crippen LogP contribution in [-0.2, 0) is 4.79 Å². The van der Waals surface area contributed by atoms with Crippen molar-refractivity contribution in [3.63, 3.8) is 0 Å². The number of piperidine rings is 1. The first kappa shape index (κ1) is 19.7. The Morgan fingerprint density at radius 1 is 1.38 bits per heavy atom. The molecular weight excluding hydrogens is 370 g/mol. The minimum Gasteiger partial charge on any atom is -0.463 e. The lowest BCUT2D eigenvalue weighted by Gasteiger charge is -2.33. The van der Waals surface area contributed by atoms with Crippen LogP contribution in [0.4, 0.5) is 0 Å². The molecule has 2 unspecified atom stereocenters. The topological polar surface area (TPSA) is 84.8 Å². The summed E-state index contributed by atoms with van der Waals surface area (Å²) in [6.07, 6.45) is 5.79. The zero-order valence-electron chi connectivity index (χ0n) is 17.4. The van der Waals surface area contributed by atoms with Crippen LogP contribution in [0.15, 0.2) is 27.6 Å². The van der Waals surface area contributed by atoms with Crippen molar-refractivity contribution >= 4 is 22.5 Å². The van der Waals surface area contributed by atoms with Crippen molar-refractivity contribution in [1.29, 1.82) is 0 Å². The molecule has 8 heteroatoms. The van der Waals surface area contributed by atoms with E-state index in [-0.39, 0.29) is 11.5 Å². The van der Waals surface area contributed by atoms with Gasteiger partial charge >= 0.3 is 0 Å². The van der Waals surface area contributed by atoms with Crippen molar-refractivity contribution in [2.24, 2.45) is 0 Å². The number of likely N-dealkylation sites (tertiary alicyclic amines) is 1. The number of carbonyl (C=O) groups is 1. The number of amides is 1. The van der Waals surface area contributed by atoms with E-state index in [0.717, 1.165) is 18.6 Å². The number of hydrogen-bond acceptors (Lipinski definition) is 5. The molecule has 0 spiro atoms. The molecule has 1 amide bonds. The van der Waals surface area contributed by atoms with Gasteiger partial charge in [-0.15, -0.1) is 0 Å². The van der Waals surface area contributed by atoms with Crippen molar-refractivity contribution in [1.82, 2.24) is 24.4 Å². The number of rotatable bonds is 6. The summed E-state index contributed by atoms with van der Waals surface area (Å²) in [5.41, 5.74) is 1.63. The van der Waals surface area contributed by atoms with Gasteiger partial charge in [-0.3, -0.25) is 18.9 Å². The van der Waals surface area contributed by atoms with E-state index in [9.17, 15) is 9.59 Å². The van der Waals surface area contributed by atoms with Crippen molar-refractivity contribution in [2.45, 2.75) is 58.5 Å². The Kier molecular flexibility index (Phi) is 5.45. The zero-order chi connectivity index (χ0) is 20.5. The second-order valence-electron chi connectivity index (χ2n) is 7.93. The van der Waals surface area contributed by atoms with Crippen LogP contribution in [-0.4, -0.2) is 50.7 Å². The van der Waals surface area contributed by atoms with E-state index in [2.05, 4.69) is 22.2 Å². The number of nitrogens with zero attached hydrogens (tertiary/aromatic N) is 4. The van der Waals surface area contributed by atoms with Crippen LogP contribution in [0.3, 0.4) is 0 Å². The van der Waals surface area contributed by atoms with Crippen LogP contribution in [0.2, 0.25) is 0 Å². The summed E-state index contributed by atoms with van der Waals surface area (Å²) in [6, 6.07) is 3.45. The molecular formula is C21H29N5O3. The molecule has 29 heavy (non-hydrogen) atoms. The first-order valence-electron chi connectivity index (χ1n) is 10.5. The third-order valence-corrected chi connectivity index (χ3v) is 6.05. The predicted molar refractivity (Wildman–Crippen MR) is 111 cm³/mol. The molecule has 1 fully saturated rings. The Morgan fingerprint density at radius 2 is 2.21 bits per heavy atom. The molecule has 8 nitrogen and oxygen atoms in total. The van der Waals surface area contributed by atoms with Gasteiger partial charge in [0.1, 0.15) is 17.4 Å². The molecule has 1 saturated heterocycles. The molecule has 2 atom stereocenters. The fraction of sp³-hybridized carbons (Fsp3) is 0.571. The van der Waals surface area contributed by atoms with Crippen LogP contribution < -0.4 is 10.9 Å². The fourth-order valence-corrected chi connectivity index (χ4v) is 4.41. The summed E-state index contributed by atoms with van der Waals surface area (Å²) in [6.45, 7) is 8.46. The van der Waals surface area contributed by atoms with E-state index in [1.54, 1.807) is 16.7 Å². The molecule has 0 radical (unpaired) electrons. The Morgan fingerprint density at radius 3 is 2.97 bits per heavy atom. The standard InChI is InChI=1S/C21H29N5O3/c1-4-16(20(27)22-9-11-24-10-6-5-7-14(24)2)26-21(28)18-13-19-17(8-12-29-19)25(18)15(3)23-26/h8,12-14,16H,4-7,9-11H2,1-3H3,(H,22,27). The van der Waals surface area contributed by atoms with E-state index in [1.807, 2.05) is 19.9 Å². The summed E-state index contributed by atoms with van der Waals surface area (Å²) < 4.78 is 8.53. The van der Waals surface area contributed by atoms with Crippen molar-refractivity contribution in [2.75, 3.05) is 19.6 Å². The average Bonchev–Trinajstić information content (AvgIpc) is 3.29. The van der Waals surface area contributed by atoms with Gasteiger partial charge in [0.15, 0.2) is 5.58 Å². The minimum atomic E-state index is -0.633. The highest BCUT2D eigenvalue weighted by molar-refractivity contribution is 5.83. The van der Waals surface area contributed by atoms with Crippen molar-refractivity contribution in [3.05, 3.63) is 34.6 Å². The molecule has 0 aliphatic carbocycles. The number of nitrogens with one attached hydrogen (secondary N) is 1. The van der Waals surface area contributed by atoms with Crippen LogP contribution in [0.5, 0.6) is 0 Å². The van der Waals surface area contributed by atoms with Gasteiger partial charge in [0, 0.05) is 31.3 Å². The molecule has 1 aliphatic heterocycles. The van der Waals surface area contributed by atoms with Gasteiger partial charge in [-0.2, -0.15) is 5.10 Å². The van der Waals surface area contributed by atoms with Gasteiger partial charge in [-0.25, -0.2) is 4.68 Å². The maximum atomic E-state index is 13.1. The number of aryl methyl sites for hydroxylation is 1. The minimum absolute atomic E-state index is 0.161. The summed E-state index contributed by atoms with van der Waals surface area (Å²) in [5, 5.41) is 7.47. The molecule has 4 heterocycles. The molecule has 156 valence electrons. The second kappa shape index (κ2) is 8.02. The van der Waals surface area contributed by atoms with Crippen molar-refractivity contribution < 1.29 is 9.21 Å².